The molecule has 1 atom stereocenters. The standard InChI is InChI=1S/C16H17F2NO2/c1-11-8-13(18)4-7-16(11)19-9-14(20)10-21-15-5-2-12(17)3-6-15/h2-8,14,19-20H,9-10H2,1H3. The van der Waals surface area contributed by atoms with Gasteiger partial charge in [-0.2, -0.15) is 0 Å². The molecule has 1 unspecified atom stereocenters. The second-order valence-electron chi connectivity index (χ2n) is 4.76. The average Bonchev–Trinajstić information content (AvgIpc) is 2.46. The third-order valence-corrected chi connectivity index (χ3v) is 2.97. The number of rotatable bonds is 6. The number of anilines is 1. The van der Waals surface area contributed by atoms with Crippen LogP contribution in [-0.2, 0) is 0 Å². The van der Waals surface area contributed by atoms with Gasteiger partial charge in [0.15, 0.2) is 0 Å². The van der Waals surface area contributed by atoms with Crippen molar-refractivity contribution in [3.8, 4) is 5.75 Å². The fraction of sp³-hybridized carbons (Fsp3) is 0.250. The van der Waals surface area contributed by atoms with Crippen molar-refractivity contribution < 1.29 is 18.6 Å². The highest BCUT2D eigenvalue weighted by Gasteiger charge is 2.07. The Kier molecular flexibility index (Phi) is 5.11. The summed E-state index contributed by atoms with van der Waals surface area (Å²) in [6, 6.07) is 9.99. The first-order valence-corrected chi connectivity index (χ1v) is 6.61. The monoisotopic (exact) mass is 293 g/mol. The van der Waals surface area contributed by atoms with Crippen LogP contribution in [0.2, 0.25) is 0 Å². The molecule has 0 heterocycles. The molecule has 0 aromatic heterocycles. The van der Waals surface area contributed by atoms with Crippen molar-refractivity contribution in [3.63, 3.8) is 0 Å². The van der Waals surface area contributed by atoms with E-state index in [9.17, 15) is 13.9 Å². The SMILES string of the molecule is Cc1cc(F)ccc1NCC(O)COc1ccc(F)cc1. The van der Waals surface area contributed by atoms with Gasteiger partial charge in [-0.05, 0) is 55.0 Å². The molecule has 0 spiro atoms. The van der Waals surface area contributed by atoms with Crippen LogP contribution >= 0.6 is 0 Å². The van der Waals surface area contributed by atoms with Crippen molar-refractivity contribution in [1.82, 2.24) is 0 Å². The van der Waals surface area contributed by atoms with Crippen LogP contribution in [0.3, 0.4) is 0 Å². The van der Waals surface area contributed by atoms with Crippen molar-refractivity contribution in [2.75, 3.05) is 18.5 Å². The second kappa shape index (κ2) is 7.04. The molecule has 0 aliphatic rings. The summed E-state index contributed by atoms with van der Waals surface area (Å²) < 4.78 is 31.0. The summed E-state index contributed by atoms with van der Waals surface area (Å²) in [4.78, 5) is 0. The first kappa shape index (κ1) is 15.3. The highest BCUT2D eigenvalue weighted by molar-refractivity contribution is 5.50. The zero-order valence-corrected chi connectivity index (χ0v) is 11.6. The summed E-state index contributed by atoms with van der Waals surface area (Å²) in [6.45, 7) is 2.14. The molecule has 0 aliphatic carbocycles. The lowest BCUT2D eigenvalue weighted by molar-refractivity contribution is 0.117. The Morgan fingerprint density at radius 1 is 1.10 bits per heavy atom. The van der Waals surface area contributed by atoms with E-state index in [1.165, 1.54) is 36.4 Å². The van der Waals surface area contributed by atoms with Crippen LogP contribution in [-0.4, -0.2) is 24.4 Å². The molecule has 2 N–H and O–H groups in total. The molecular weight excluding hydrogens is 276 g/mol. The van der Waals surface area contributed by atoms with Gasteiger partial charge in [-0.3, -0.25) is 0 Å². The Labute approximate surface area is 122 Å². The summed E-state index contributed by atoms with van der Waals surface area (Å²) in [5, 5.41) is 12.9. The summed E-state index contributed by atoms with van der Waals surface area (Å²) in [5.74, 6) is -0.136. The Bertz CT molecular complexity index is 587. The highest BCUT2D eigenvalue weighted by atomic mass is 19.1. The van der Waals surface area contributed by atoms with Gasteiger partial charge in [-0.1, -0.05) is 0 Å². The number of hydrogen-bond donors (Lipinski definition) is 2. The quantitative estimate of drug-likeness (QED) is 0.860. The lowest BCUT2D eigenvalue weighted by atomic mass is 10.2. The smallest absolute Gasteiger partial charge is 0.123 e. The van der Waals surface area contributed by atoms with Gasteiger partial charge in [0.1, 0.15) is 30.1 Å². The average molecular weight is 293 g/mol. The zero-order chi connectivity index (χ0) is 15.2. The van der Waals surface area contributed by atoms with Gasteiger partial charge in [-0.15, -0.1) is 0 Å². The molecule has 0 aliphatic heterocycles. The molecule has 5 heteroatoms. The molecule has 21 heavy (non-hydrogen) atoms. The Morgan fingerprint density at radius 2 is 1.76 bits per heavy atom. The minimum Gasteiger partial charge on any atom is -0.491 e. The van der Waals surface area contributed by atoms with Crippen LogP contribution in [0.1, 0.15) is 5.56 Å². The van der Waals surface area contributed by atoms with E-state index in [4.69, 9.17) is 4.74 Å². The van der Waals surface area contributed by atoms with E-state index in [0.29, 0.717) is 5.75 Å². The molecule has 3 nitrogen and oxygen atoms in total. The van der Waals surface area contributed by atoms with Gasteiger partial charge in [0.25, 0.3) is 0 Å². The van der Waals surface area contributed by atoms with E-state index in [0.717, 1.165) is 11.3 Å². The number of hydrogen-bond acceptors (Lipinski definition) is 3. The van der Waals surface area contributed by atoms with E-state index >= 15 is 0 Å². The highest BCUT2D eigenvalue weighted by Crippen LogP contribution is 2.16. The van der Waals surface area contributed by atoms with Gasteiger partial charge in [0.05, 0.1) is 0 Å². The Balaban J connectivity index is 1.79. The maximum atomic E-state index is 13.0. The molecule has 2 aromatic carbocycles. The molecule has 0 fully saturated rings. The number of halogens is 2. The third-order valence-electron chi connectivity index (χ3n) is 2.97. The van der Waals surface area contributed by atoms with E-state index in [1.807, 2.05) is 0 Å². The number of ether oxygens (including phenoxy) is 1. The number of aryl methyl sites for hydroxylation is 1. The minimum atomic E-state index is -0.737. The molecule has 0 saturated heterocycles. The van der Waals surface area contributed by atoms with Crippen LogP contribution in [0.5, 0.6) is 5.75 Å². The third kappa shape index (κ3) is 4.72. The summed E-state index contributed by atoms with van der Waals surface area (Å²) in [6.07, 6.45) is -0.737. The maximum absolute atomic E-state index is 13.0. The molecule has 0 radical (unpaired) electrons. The van der Waals surface area contributed by atoms with E-state index in [2.05, 4.69) is 5.32 Å². The molecule has 112 valence electrons. The van der Waals surface area contributed by atoms with Gasteiger partial charge >= 0.3 is 0 Å². The van der Waals surface area contributed by atoms with Crippen molar-refractivity contribution >= 4 is 5.69 Å². The van der Waals surface area contributed by atoms with Gasteiger partial charge in [0.2, 0.25) is 0 Å². The fourth-order valence-electron chi connectivity index (χ4n) is 1.84. The molecule has 2 rings (SSSR count). The van der Waals surface area contributed by atoms with E-state index in [1.54, 1.807) is 13.0 Å². The normalized spacial score (nSPS) is 12.0. The van der Waals surface area contributed by atoms with Gasteiger partial charge in [-0.25, -0.2) is 8.78 Å². The topological polar surface area (TPSA) is 41.5 Å². The van der Waals surface area contributed by atoms with Crippen LogP contribution < -0.4 is 10.1 Å². The van der Waals surface area contributed by atoms with Crippen molar-refractivity contribution in [3.05, 3.63) is 59.7 Å². The van der Waals surface area contributed by atoms with Crippen LogP contribution in [0.15, 0.2) is 42.5 Å². The Hall–Kier alpha value is -2.14. The Morgan fingerprint density at radius 3 is 2.43 bits per heavy atom. The first-order chi connectivity index (χ1) is 10.0. The summed E-state index contributed by atoms with van der Waals surface area (Å²) in [5.41, 5.74) is 1.53. The van der Waals surface area contributed by atoms with Crippen molar-refractivity contribution in [2.45, 2.75) is 13.0 Å². The number of aliphatic hydroxyl groups excluding tert-OH is 1. The molecular formula is C16H17F2NO2. The number of nitrogens with one attached hydrogen (secondary N) is 1. The predicted molar refractivity (Wildman–Crippen MR) is 77.5 cm³/mol. The second-order valence-corrected chi connectivity index (χ2v) is 4.76. The van der Waals surface area contributed by atoms with Crippen LogP contribution in [0.25, 0.3) is 0 Å². The van der Waals surface area contributed by atoms with Crippen LogP contribution in [0, 0.1) is 18.6 Å². The summed E-state index contributed by atoms with van der Waals surface area (Å²) in [7, 11) is 0. The predicted octanol–water partition coefficient (Wildman–Crippen LogP) is 3.13. The fourth-order valence-corrected chi connectivity index (χ4v) is 1.84. The van der Waals surface area contributed by atoms with Gasteiger partial charge < -0.3 is 15.2 Å². The molecule has 0 bridgehead atoms. The number of benzene rings is 2. The van der Waals surface area contributed by atoms with Gasteiger partial charge in [0, 0.05) is 12.2 Å². The minimum absolute atomic E-state index is 0.0822. The summed E-state index contributed by atoms with van der Waals surface area (Å²) >= 11 is 0. The lowest BCUT2D eigenvalue weighted by Gasteiger charge is -2.15. The van der Waals surface area contributed by atoms with Crippen LogP contribution in [0.4, 0.5) is 14.5 Å². The molecule has 0 amide bonds. The number of aliphatic hydroxyl groups is 1. The molecule has 0 saturated carbocycles. The van der Waals surface area contributed by atoms with E-state index in [-0.39, 0.29) is 24.8 Å². The lowest BCUT2D eigenvalue weighted by Crippen LogP contribution is -2.26. The van der Waals surface area contributed by atoms with Crippen molar-refractivity contribution in [2.24, 2.45) is 0 Å². The zero-order valence-electron chi connectivity index (χ0n) is 11.6. The molecule has 2 aromatic rings. The largest absolute Gasteiger partial charge is 0.491 e. The van der Waals surface area contributed by atoms with E-state index < -0.39 is 6.10 Å². The van der Waals surface area contributed by atoms with Crippen molar-refractivity contribution in [1.29, 1.82) is 0 Å². The first-order valence-electron chi connectivity index (χ1n) is 6.61. The maximum Gasteiger partial charge on any atom is 0.123 e.